The van der Waals surface area contributed by atoms with E-state index < -0.39 is 0 Å². The van der Waals surface area contributed by atoms with Crippen molar-refractivity contribution in [2.24, 2.45) is 0 Å². The van der Waals surface area contributed by atoms with Crippen LogP contribution in [0.4, 0.5) is 0 Å². The van der Waals surface area contributed by atoms with E-state index in [2.05, 4.69) is 6.92 Å². The Hall–Kier alpha value is -0.900. The summed E-state index contributed by atoms with van der Waals surface area (Å²) in [5.41, 5.74) is 0. The third-order valence-electron chi connectivity index (χ3n) is 8.25. The van der Waals surface area contributed by atoms with Crippen LogP contribution < -0.4 is 0 Å². The van der Waals surface area contributed by atoms with E-state index in [1.54, 1.807) is 0 Å². The van der Waals surface area contributed by atoms with E-state index in [0.29, 0.717) is 19.4 Å². The molecule has 0 amide bonds. The lowest BCUT2D eigenvalue weighted by Crippen LogP contribution is -2.11. The molecule has 40 heavy (non-hydrogen) atoms. The minimum absolute atomic E-state index is 0.332. The van der Waals surface area contributed by atoms with Gasteiger partial charge < -0.3 is 9.84 Å². The predicted molar refractivity (Wildman–Crippen MR) is 172 cm³/mol. The lowest BCUT2D eigenvalue weighted by Gasteiger charge is -2.05. The number of aliphatic hydroxyl groups is 1. The highest BCUT2D eigenvalue weighted by Gasteiger charge is 2.10. The van der Waals surface area contributed by atoms with E-state index >= 15 is 0 Å². The van der Waals surface area contributed by atoms with Crippen molar-refractivity contribution in [3.63, 3.8) is 0 Å². The fraction of sp³-hybridized carbons (Fsp3) is 0.944. The van der Waals surface area contributed by atoms with Crippen molar-refractivity contribution in [3.05, 3.63) is 0 Å². The Kier molecular flexibility index (Phi) is 33.5. The Balaban J connectivity index is 3.27. The van der Waals surface area contributed by atoms with Crippen molar-refractivity contribution in [1.82, 2.24) is 0 Å². The number of aliphatic hydroxyl groups excluding tert-OH is 1. The first-order chi connectivity index (χ1) is 19.7. The molecule has 0 radical (unpaired) electrons. The van der Waals surface area contributed by atoms with Crippen LogP contribution in [-0.2, 0) is 14.3 Å². The van der Waals surface area contributed by atoms with Crippen molar-refractivity contribution in [2.75, 3.05) is 6.61 Å². The molecule has 0 heterocycles. The molecule has 0 bridgehead atoms. The smallest absolute Gasteiger partial charge is 0.313 e. The third-order valence-corrected chi connectivity index (χ3v) is 8.25. The maximum absolute atomic E-state index is 11.9. The minimum Gasteiger partial charge on any atom is -0.396 e. The molecule has 0 aliphatic rings. The molecule has 1 N–H and O–H groups in total. The Labute approximate surface area is 250 Å². The van der Waals surface area contributed by atoms with Crippen LogP contribution in [0.2, 0.25) is 0 Å². The molecule has 4 heteroatoms. The highest BCUT2D eigenvalue weighted by Crippen LogP contribution is 2.15. The number of carbonyl (C=O) groups excluding carboxylic acids is 2. The average Bonchev–Trinajstić information content (AvgIpc) is 2.94. The summed E-state index contributed by atoms with van der Waals surface area (Å²) in [5, 5.41) is 8.77. The van der Waals surface area contributed by atoms with Gasteiger partial charge in [-0.3, -0.25) is 9.59 Å². The van der Waals surface area contributed by atoms with Crippen LogP contribution in [-0.4, -0.2) is 23.7 Å². The summed E-state index contributed by atoms with van der Waals surface area (Å²) in [6, 6.07) is 0. The molecule has 0 aliphatic carbocycles. The first kappa shape index (κ1) is 39.1. The maximum atomic E-state index is 11.9. The minimum atomic E-state index is -0.334. The summed E-state index contributed by atoms with van der Waals surface area (Å²) in [7, 11) is 0. The fourth-order valence-corrected chi connectivity index (χ4v) is 5.55. The van der Waals surface area contributed by atoms with E-state index in [9.17, 15) is 9.59 Å². The molecule has 0 spiro atoms. The zero-order valence-electron chi connectivity index (χ0n) is 27.0. The van der Waals surface area contributed by atoms with Gasteiger partial charge in [0.25, 0.3) is 0 Å². The van der Waals surface area contributed by atoms with Crippen LogP contribution >= 0.6 is 0 Å². The molecule has 0 rings (SSSR count). The number of carbonyl (C=O) groups is 2. The van der Waals surface area contributed by atoms with Crippen LogP contribution in [0, 0.1) is 0 Å². The Bertz CT molecular complexity index is 519. The number of unbranched alkanes of at least 4 members (excludes halogenated alkanes) is 28. The molecule has 0 unspecified atom stereocenters. The molecule has 0 atom stereocenters. The van der Waals surface area contributed by atoms with Gasteiger partial charge >= 0.3 is 11.9 Å². The van der Waals surface area contributed by atoms with Crippen molar-refractivity contribution in [1.29, 1.82) is 0 Å². The Morgan fingerprint density at radius 1 is 0.375 bits per heavy atom. The van der Waals surface area contributed by atoms with Gasteiger partial charge in [-0.25, -0.2) is 0 Å². The number of ether oxygens (including phenoxy) is 1. The van der Waals surface area contributed by atoms with E-state index in [-0.39, 0.29) is 11.9 Å². The van der Waals surface area contributed by atoms with Crippen LogP contribution in [0.25, 0.3) is 0 Å². The molecule has 0 fully saturated rings. The fourth-order valence-electron chi connectivity index (χ4n) is 5.55. The van der Waals surface area contributed by atoms with Gasteiger partial charge in [0, 0.05) is 19.4 Å². The summed E-state index contributed by atoms with van der Waals surface area (Å²) in [5.74, 6) is -0.666. The first-order valence-corrected chi connectivity index (χ1v) is 18.0. The van der Waals surface area contributed by atoms with E-state index in [1.165, 1.54) is 161 Å². The van der Waals surface area contributed by atoms with Crippen molar-refractivity contribution in [3.8, 4) is 0 Å². The molecule has 0 saturated carbocycles. The Morgan fingerprint density at radius 2 is 0.600 bits per heavy atom. The number of esters is 2. The molecule has 0 saturated heterocycles. The molecule has 238 valence electrons. The zero-order chi connectivity index (χ0) is 29.2. The molecule has 0 aromatic carbocycles. The van der Waals surface area contributed by atoms with Gasteiger partial charge in [0.1, 0.15) is 0 Å². The SMILES string of the molecule is CCCCCCCCCCCCCCCCCC(=O)OC(=O)CCCCCCCCCCCCCCCCCO. The molecular formula is C36H70O4. The average molecular weight is 567 g/mol. The van der Waals surface area contributed by atoms with Crippen LogP contribution in [0.5, 0.6) is 0 Å². The number of hydrogen-bond donors (Lipinski definition) is 1. The van der Waals surface area contributed by atoms with Crippen molar-refractivity contribution < 1.29 is 19.4 Å². The van der Waals surface area contributed by atoms with Crippen LogP contribution in [0.1, 0.15) is 212 Å². The third kappa shape index (κ3) is 33.3. The largest absolute Gasteiger partial charge is 0.396 e. The van der Waals surface area contributed by atoms with Crippen molar-refractivity contribution in [2.45, 2.75) is 212 Å². The quantitative estimate of drug-likeness (QED) is 0.0487. The van der Waals surface area contributed by atoms with Gasteiger partial charge in [-0.05, 0) is 19.3 Å². The lowest BCUT2D eigenvalue weighted by atomic mass is 10.0. The van der Waals surface area contributed by atoms with Gasteiger partial charge in [0.2, 0.25) is 0 Å². The second kappa shape index (κ2) is 34.3. The summed E-state index contributed by atoms with van der Waals surface area (Å²) in [4.78, 5) is 23.8. The van der Waals surface area contributed by atoms with Gasteiger partial charge in [-0.2, -0.15) is 0 Å². The van der Waals surface area contributed by atoms with Crippen LogP contribution in [0.15, 0.2) is 0 Å². The Morgan fingerprint density at radius 3 is 0.850 bits per heavy atom. The number of hydrogen-bond acceptors (Lipinski definition) is 4. The second-order valence-electron chi connectivity index (χ2n) is 12.3. The summed E-state index contributed by atoms with van der Waals surface area (Å²) >= 11 is 0. The van der Waals surface area contributed by atoms with Crippen molar-refractivity contribution >= 4 is 11.9 Å². The summed E-state index contributed by atoms with van der Waals surface area (Å²) in [6.07, 6.45) is 38.8. The maximum Gasteiger partial charge on any atom is 0.313 e. The highest BCUT2D eigenvalue weighted by atomic mass is 16.6. The van der Waals surface area contributed by atoms with Gasteiger partial charge in [-0.15, -0.1) is 0 Å². The topological polar surface area (TPSA) is 63.6 Å². The molecule has 0 aromatic rings. The summed E-state index contributed by atoms with van der Waals surface area (Å²) in [6.45, 7) is 2.62. The zero-order valence-corrected chi connectivity index (χ0v) is 27.0. The first-order valence-electron chi connectivity index (χ1n) is 18.0. The molecule has 0 aromatic heterocycles. The highest BCUT2D eigenvalue weighted by molar-refractivity contribution is 5.85. The molecular weight excluding hydrogens is 496 g/mol. The monoisotopic (exact) mass is 567 g/mol. The lowest BCUT2D eigenvalue weighted by molar-refractivity contribution is -0.159. The second-order valence-corrected chi connectivity index (χ2v) is 12.3. The van der Waals surface area contributed by atoms with Gasteiger partial charge in [-0.1, -0.05) is 180 Å². The number of rotatable bonds is 33. The molecule has 4 nitrogen and oxygen atoms in total. The summed E-state index contributed by atoms with van der Waals surface area (Å²) < 4.78 is 5.01. The normalized spacial score (nSPS) is 11.2. The van der Waals surface area contributed by atoms with Gasteiger partial charge in [0.15, 0.2) is 0 Å². The molecule has 0 aliphatic heterocycles. The van der Waals surface area contributed by atoms with E-state index in [1.807, 2.05) is 0 Å². The van der Waals surface area contributed by atoms with E-state index in [4.69, 9.17) is 9.84 Å². The predicted octanol–water partition coefficient (Wildman–Crippen LogP) is 11.6. The van der Waals surface area contributed by atoms with Crippen LogP contribution in [0.3, 0.4) is 0 Å². The van der Waals surface area contributed by atoms with E-state index in [0.717, 1.165) is 32.1 Å². The van der Waals surface area contributed by atoms with Gasteiger partial charge in [0.05, 0.1) is 0 Å². The standard InChI is InChI=1S/C36H70O4/c1-2-3-4-5-6-7-8-9-11-14-17-20-23-26-29-32-35(38)40-36(39)33-30-27-24-21-18-15-12-10-13-16-19-22-25-28-31-34-37/h37H,2-34H2,1H3.